The second-order valence-corrected chi connectivity index (χ2v) is 5.51. The number of H-pyrrole nitrogens is 1. The van der Waals surface area contributed by atoms with E-state index >= 15 is 0 Å². The van der Waals surface area contributed by atoms with Gasteiger partial charge in [-0.05, 0) is 36.9 Å². The Morgan fingerprint density at radius 3 is 2.82 bits per heavy atom. The van der Waals surface area contributed by atoms with Crippen LogP contribution in [-0.2, 0) is 11.3 Å². The molecule has 2 aromatic rings. The zero-order valence-corrected chi connectivity index (χ0v) is 13.2. The molecule has 0 aliphatic heterocycles. The number of pyridine rings is 1. The first-order valence-electron chi connectivity index (χ1n) is 7.12. The van der Waals surface area contributed by atoms with Crippen molar-refractivity contribution in [2.24, 2.45) is 0 Å². The number of hydrogen-bond donors (Lipinski definition) is 2. The van der Waals surface area contributed by atoms with Crippen LogP contribution in [0.1, 0.15) is 17.5 Å². The largest absolute Gasteiger partial charge is 0.396 e. The Morgan fingerprint density at radius 1 is 1.36 bits per heavy atom. The minimum atomic E-state index is -0.251. The van der Waals surface area contributed by atoms with Gasteiger partial charge < -0.3 is 15.0 Å². The lowest BCUT2D eigenvalue weighted by Crippen LogP contribution is -2.34. The molecule has 0 unspecified atom stereocenters. The Balaban J connectivity index is 2.33. The summed E-state index contributed by atoms with van der Waals surface area (Å²) in [7, 11) is 0. The lowest BCUT2D eigenvalue weighted by atomic mass is 10.1. The van der Waals surface area contributed by atoms with Crippen LogP contribution in [0.4, 0.5) is 0 Å². The Kier molecular flexibility index (Phi) is 5.57. The number of rotatable bonds is 6. The van der Waals surface area contributed by atoms with Gasteiger partial charge in [0.05, 0.1) is 6.54 Å². The van der Waals surface area contributed by atoms with Crippen LogP contribution in [0.2, 0.25) is 0 Å². The number of aromatic amines is 1. The van der Waals surface area contributed by atoms with Crippen LogP contribution in [0.5, 0.6) is 0 Å². The number of hydrogen-bond acceptors (Lipinski definition) is 3. The fourth-order valence-electron chi connectivity index (χ4n) is 2.33. The summed E-state index contributed by atoms with van der Waals surface area (Å²) in [5, 5.41) is 9.85. The number of nitrogens with one attached hydrogen (secondary N) is 1. The molecule has 6 heteroatoms. The summed E-state index contributed by atoms with van der Waals surface area (Å²) in [6.45, 7) is 2.52. The molecule has 0 aliphatic carbocycles. The van der Waals surface area contributed by atoms with Crippen LogP contribution >= 0.6 is 11.6 Å². The normalized spacial score (nSPS) is 10.9. The molecule has 22 heavy (non-hydrogen) atoms. The monoisotopic (exact) mass is 322 g/mol. The van der Waals surface area contributed by atoms with Crippen LogP contribution in [0.15, 0.2) is 29.1 Å². The highest BCUT2D eigenvalue weighted by Crippen LogP contribution is 2.14. The second kappa shape index (κ2) is 7.42. The number of carbonyl (C=O) groups excluding carboxylic acids is 1. The summed E-state index contributed by atoms with van der Waals surface area (Å²) in [6.07, 6.45) is 0.452. The van der Waals surface area contributed by atoms with Gasteiger partial charge in [-0.1, -0.05) is 11.6 Å². The van der Waals surface area contributed by atoms with E-state index in [2.05, 4.69) is 4.98 Å². The molecular formula is C16H19ClN2O3. The minimum Gasteiger partial charge on any atom is -0.396 e. The molecule has 0 aliphatic rings. The second-order valence-electron chi connectivity index (χ2n) is 5.24. The maximum absolute atomic E-state index is 12.2. The van der Waals surface area contributed by atoms with Gasteiger partial charge in [0.2, 0.25) is 5.91 Å². The Labute approximate surface area is 133 Å². The van der Waals surface area contributed by atoms with Crippen LogP contribution in [0, 0.1) is 6.92 Å². The van der Waals surface area contributed by atoms with Gasteiger partial charge in [0, 0.05) is 24.2 Å². The quantitative estimate of drug-likeness (QED) is 0.796. The van der Waals surface area contributed by atoms with E-state index in [4.69, 9.17) is 16.7 Å². The van der Waals surface area contributed by atoms with E-state index in [9.17, 15) is 9.59 Å². The number of aromatic nitrogens is 1. The number of aliphatic hydroxyl groups is 1. The molecule has 0 radical (unpaired) electrons. The molecule has 0 atom stereocenters. The van der Waals surface area contributed by atoms with Gasteiger partial charge >= 0.3 is 0 Å². The lowest BCUT2D eigenvalue weighted by Gasteiger charge is -2.21. The van der Waals surface area contributed by atoms with Crippen molar-refractivity contribution in [1.82, 2.24) is 9.88 Å². The summed E-state index contributed by atoms with van der Waals surface area (Å²) >= 11 is 5.61. The van der Waals surface area contributed by atoms with Crippen molar-refractivity contribution >= 4 is 28.4 Å². The van der Waals surface area contributed by atoms with Gasteiger partial charge in [-0.15, -0.1) is 11.6 Å². The first kappa shape index (κ1) is 16.5. The van der Waals surface area contributed by atoms with Crippen molar-refractivity contribution in [3.8, 4) is 0 Å². The molecule has 5 nitrogen and oxygen atoms in total. The van der Waals surface area contributed by atoms with Gasteiger partial charge in [0.15, 0.2) is 0 Å². The van der Waals surface area contributed by atoms with Crippen molar-refractivity contribution in [3.05, 3.63) is 45.7 Å². The van der Waals surface area contributed by atoms with Gasteiger partial charge in [-0.25, -0.2) is 0 Å². The molecule has 2 N–H and O–H groups in total. The van der Waals surface area contributed by atoms with Gasteiger partial charge in [-0.3, -0.25) is 9.59 Å². The molecule has 0 saturated carbocycles. The van der Waals surface area contributed by atoms with E-state index in [0.717, 1.165) is 16.5 Å². The smallest absolute Gasteiger partial charge is 0.253 e. The highest BCUT2D eigenvalue weighted by Gasteiger charge is 2.14. The third-order valence-electron chi connectivity index (χ3n) is 3.49. The van der Waals surface area contributed by atoms with E-state index in [-0.39, 0.29) is 30.5 Å². The number of aryl methyl sites for hydroxylation is 1. The van der Waals surface area contributed by atoms with Crippen LogP contribution in [-0.4, -0.2) is 39.9 Å². The Hall–Kier alpha value is -1.85. The summed E-state index contributed by atoms with van der Waals surface area (Å²) in [5.41, 5.74) is 2.16. The molecule has 0 fully saturated rings. The maximum atomic E-state index is 12.2. The highest BCUT2D eigenvalue weighted by atomic mass is 35.5. The molecule has 0 bridgehead atoms. The number of carbonyl (C=O) groups is 1. The molecular weight excluding hydrogens is 304 g/mol. The molecule has 1 heterocycles. The Morgan fingerprint density at radius 2 is 2.14 bits per heavy atom. The summed E-state index contributed by atoms with van der Waals surface area (Å²) in [4.78, 5) is 28.3. The fourth-order valence-corrected chi connectivity index (χ4v) is 2.50. The Bertz CT molecular complexity index is 727. The zero-order chi connectivity index (χ0) is 16.1. The number of alkyl halides is 1. The van der Waals surface area contributed by atoms with Crippen LogP contribution in [0.3, 0.4) is 0 Å². The summed E-state index contributed by atoms with van der Waals surface area (Å²) < 4.78 is 0. The number of halogens is 1. The number of benzene rings is 1. The predicted octanol–water partition coefficient (Wildman–Crippen LogP) is 1.79. The molecule has 0 spiro atoms. The van der Waals surface area contributed by atoms with E-state index < -0.39 is 0 Å². The van der Waals surface area contributed by atoms with Gasteiger partial charge in [0.1, 0.15) is 5.88 Å². The molecule has 118 valence electrons. The molecule has 1 amide bonds. The minimum absolute atomic E-state index is 0.0145. The first-order valence-corrected chi connectivity index (χ1v) is 7.65. The van der Waals surface area contributed by atoms with E-state index in [0.29, 0.717) is 18.5 Å². The van der Waals surface area contributed by atoms with E-state index in [1.165, 1.54) is 4.90 Å². The van der Waals surface area contributed by atoms with E-state index in [1.807, 2.05) is 25.1 Å². The van der Waals surface area contributed by atoms with E-state index in [1.54, 1.807) is 6.07 Å². The average Bonchev–Trinajstić information content (AvgIpc) is 2.51. The lowest BCUT2D eigenvalue weighted by molar-refractivity contribution is -0.129. The molecule has 2 rings (SSSR count). The average molecular weight is 323 g/mol. The third-order valence-corrected chi connectivity index (χ3v) is 3.72. The van der Waals surface area contributed by atoms with Crippen LogP contribution < -0.4 is 5.56 Å². The third kappa shape index (κ3) is 3.87. The van der Waals surface area contributed by atoms with Crippen molar-refractivity contribution in [2.45, 2.75) is 19.9 Å². The van der Waals surface area contributed by atoms with Crippen molar-refractivity contribution in [1.29, 1.82) is 0 Å². The predicted molar refractivity (Wildman–Crippen MR) is 87.1 cm³/mol. The van der Waals surface area contributed by atoms with Crippen LogP contribution in [0.25, 0.3) is 10.9 Å². The topological polar surface area (TPSA) is 73.4 Å². The molecule has 1 aromatic heterocycles. The summed E-state index contributed by atoms with van der Waals surface area (Å²) in [6, 6.07) is 7.58. The molecule has 0 saturated heterocycles. The zero-order valence-electron chi connectivity index (χ0n) is 12.4. The maximum Gasteiger partial charge on any atom is 0.253 e. The summed E-state index contributed by atoms with van der Waals surface area (Å²) in [5.74, 6) is -0.394. The highest BCUT2D eigenvalue weighted by molar-refractivity contribution is 6.27. The standard InChI is InChI=1S/C16H19ClN2O3/c1-11-3-4-14-12(7-11)8-13(16(22)18-14)10-19(5-2-6-20)15(21)9-17/h3-4,7-8,20H,2,5-6,9-10H2,1H3,(H,18,22). The SMILES string of the molecule is Cc1ccc2[nH]c(=O)c(CN(CCCO)C(=O)CCl)cc2c1. The van der Waals surface area contributed by atoms with Gasteiger partial charge in [0.25, 0.3) is 5.56 Å². The fraction of sp³-hybridized carbons (Fsp3) is 0.375. The van der Waals surface area contributed by atoms with Gasteiger partial charge in [-0.2, -0.15) is 0 Å². The van der Waals surface area contributed by atoms with Crippen molar-refractivity contribution in [2.75, 3.05) is 19.0 Å². The molecule has 1 aromatic carbocycles. The number of nitrogens with zero attached hydrogens (tertiary/aromatic N) is 1. The van der Waals surface area contributed by atoms with Crippen molar-refractivity contribution in [3.63, 3.8) is 0 Å². The number of aliphatic hydroxyl groups excluding tert-OH is 1. The number of fused-ring (bicyclic) bond motifs is 1. The number of amides is 1. The first-order chi connectivity index (χ1) is 10.5. The van der Waals surface area contributed by atoms with Crippen molar-refractivity contribution < 1.29 is 9.90 Å².